The van der Waals surface area contributed by atoms with Crippen molar-refractivity contribution in [3.05, 3.63) is 87.0 Å². The van der Waals surface area contributed by atoms with E-state index in [2.05, 4.69) is 81.6 Å². The summed E-state index contributed by atoms with van der Waals surface area (Å²) in [6.45, 7) is 30.8. The Balaban J connectivity index is -0.000000345. The minimum atomic E-state index is 0.699. The molecule has 1 fully saturated rings. The summed E-state index contributed by atoms with van der Waals surface area (Å²) < 4.78 is 49.8. The van der Waals surface area contributed by atoms with E-state index < -0.39 is 0 Å². The molecule has 8 nitrogen and oxygen atoms in total. The second-order valence-electron chi connectivity index (χ2n) is 4.98. The average Bonchev–Trinajstić information content (AvgIpc) is 2.91. The molecule has 0 atom stereocenters. The van der Waals surface area contributed by atoms with Crippen LogP contribution in [0, 0.1) is 33.3 Å². The number of hydrogen-bond donors (Lipinski definition) is 0. The maximum absolute atomic E-state index is 7.50. The molecule has 0 spiro atoms. The van der Waals surface area contributed by atoms with E-state index in [1.54, 1.807) is 0 Å². The van der Waals surface area contributed by atoms with Gasteiger partial charge in [0.2, 0.25) is 0 Å². The molecule has 0 radical (unpaired) electrons. The zero-order chi connectivity index (χ0) is 25.8. The number of hydrogen-bond acceptors (Lipinski definition) is 3. The third kappa shape index (κ3) is 16.4. The van der Waals surface area contributed by atoms with Gasteiger partial charge in [-0.25, -0.2) is 0 Å². The summed E-state index contributed by atoms with van der Waals surface area (Å²) >= 11 is 1.35. The SMILES string of the molecule is C/C=C(/C(=CN1CCOCC1)[C](=[W])OCC)c1ccccc1.[C-]#[O+].[C-]#[O+].[C-]#[O+].[C-]#[O+].[C-]#[O+]. The molecular formula is C23H23NO7W. The van der Waals surface area contributed by atoms with Crippen molar-refractivity contribution in [1.82, 2.24) is 4.90 Å². The number of rotatable bonds is 6. The first-order chi connectivity index (χ1) is 15.8. The van der Waals surface area contributed by atoms with Crippen LogP contribution >= 0.6 is 0 Å². The zero-order valence-electron chi connectivity index (χ0n) is 17.8. The normalized spacial score (nSPS) is 11.8. The summed E-state index contributed by atoms with van der Waals surface area (Å²) in [5.41, 5.74) is 3.64. The van der Waals surface area contributed by atoms with Crippen molar-refractivity contribution in [1.29, 1.82) is 0 Å². The summed E-state index contributed by atoms with van der Waals surface area (Å²) in [5, 5.41) is 0. The van der Waals surface area contributed by atoms with Crippen LogP contribution in [0.4, 0.5) is 0 Å². The van der Waals surface area contributed by atoms with Crippen molar-refractivity contribution in [3.63, 3.8) is 0 Å². The fourth-order valence-corrected chi connectivity index (χ4v) is 3.43. The quantitative estimate of drug-likeness (QED) is 0.280. The third-order valence-corrected chi connectivity index (χ3v) is 4.73. The van der Waals surface area contributed by atoms with E-state index >= 15 is 0 Å². The Morgan fingerprint density at radius 3 is 1.84 bits per heavy atom. The molecule has 0 aliphatic carbocycles. The van der Waals surface area contributed by atoms with Gasteiger partial charge in [-0.05, 0) is 0 Å². The number of allylic oxidation sites excluding steroid dienone is 1. The number of morpholine rings is 1. The Bertz CT molecular complexity index is 721. The first kappa shape index (κ1) is 37.0. The molecule has 168 valence electrons. The molecule has 1 aromatic carbocycles. The van der Waals surface area contributed by atoms with Crippen LogP contribution in [0.15, 0.2) is 48.2 Å². The van der Waals surface area contributed by atoms with Gasteiger partial charge >= 0.3 is 200 Å². The van der Waals surface area contributed by atoms with Crippen LogP contribution in [0.5, 0.6) is 0 Å². The van der Waals surface area contributed by atoms with Crippen molar-refractivity contribution in [2.75, 3.05) is 32.9 Å². The van der Waals surface area contributed by atoms with Crippen LogP contribution in [0.25, 0.3) is 5.57 Å². The number of benzene rings is 1. The predicted molar refractivity (Wildman–Crippen MR) is 107 cm³/mol. The Morgan fingerprint density at radius 2 is 1.44 bits per heavy atom. The van der Waals surface area contributed by atoms with Crippen molar-refractivity contribution >= 4 is 9.66 Å². The topological polar surface area (TPSA) is 121 Å². The molecule has 0 amide bonds. The molecule has 32 heavy (non-hydrogen) atoms. The maximum atomic E-state index is 7.50. The van der Waals surface area contributed by atoms with Gasteiger partial charge in [-0.15, -0.1) is 0 Å². The summed E-state index contributed by atoms with van der Waals surface area (Å²) in [6.07, 6.45) is 4.41. The monoisotopic (exact) mass is 609 g/mol. The van der Waals surface area contributed by atoms with Gasteiger partial charge < -0.3 is 0 Å². The molecule has 1 heterocycles. The Labute approximate surface area is 200 Å². The molecule has 1 aliphatic rings. The van der Waals surface area contributed by atoms with Crippen LogP contribution in [-0.2, 0) is 52.1 Å². The van der Waals surface area contributed by atoms with Gasteiger partial charge in [0.25, 0.3) is 0 Å². The predicted octanol–water partition coefficient (Wildman–Crippen LogP) is 2.83. The molecule has 0 bridgehead atoms. The van der Waals surface area contributed by atoms with Crippen molar-refractivity contribution in [3.8, 4) is 0 Å². The zero-order valence-corrected chi connectivity index (χ0v) is 20.7. The van der Waals surface area contributed by atoms with Crippen LogP contribution in [0.1, 0.15) is 19.4 Å². The van der Waals surface area contributed by atoms with Crippen LogP contribution in [0.3, 0.4) is 0 Å². The van der Waals surface area contributed by atoms with Crippen molar-refractivity contribution < 1.29 is 52.1 Å². The fraction of sp³-hybridized carbons (Fsp3) is 0.304. The molecule has 1 saturated heterocycles. The first-order valence-corrected chi connectivity index (χ1v) is 10.2. The Hall–Kier alpha value is -2.32. The molecule has 0 aromatic heterocycles. The molecule has 0 unspecified atom stereocenters. The van der Waals surface area contributed by atoms with Gasteiger partial charge in [0.05, 0.1) is 0 Å². The minimum absolute atomic E-state index is 0.699. The van der Waals surface area contributed by atoms with Gasteiger partial charge in [0, 0.05) is 0 Å². The summed E-state index contributed by atoms with van der Waals surface area (Å²) in [7, 11) is 0. The van der Waals surface area contributed by atoms with Gasteiger partial charge in [0.1, 0.15) is 0 Å². The number of nitrogens with zero attached hydrogens (tertiary/aromatic N) is 1. The molecule has 0 N–H and O–H groups in total. The molecule has 9 heteroatoms. The van der Waals surface area contributed by atoms with E-state index in [-0.39, 0.29) is 0 Å². The van der Waals surface area contributed by atoms with Crippen molar-refractivity contribution in [2.45, 2.75) is 13.8 Å². The van der Waals surface area contributed by atoms with Crippen molar-refractivity contribution in [2.24, 2.45) is 0 Å². The molecule has 0 saturated carbocycles. The van der Waals surface area contributed by atoms with Crippen LogP contribution in [0.2, 0.25) is 0 Å². The summed E-state index contributed by atoms with van der Waals surface area (Å²) in [4.78, 5) is 2.33. The molecule has 2 rings (SSSR count). The fourth-order valence-electron chi connectivity index (χ4n) is 2.43. The second-order valence-corrected chi connectivity index (χ2v) is 6.31. The van der Waals surface area contributed by atoms with E-state index in [1.165, 1.54) is 36.1 Å². The molecule has 1 aromatic rings. The van der Waals surface area contributed by atoms with E-state index in [0.29, 0.717) is 6.61 Å². The van der Waals surface area contributed by atoms with E-state index in [1.807, 2.05) is 13.0 Å². The van der Waals surface area contributed by atoms with E-state index in [9.17, 15) is 0 Å². The van der Waals surface area contributed by atoms with Gasteiger partial charge in [-0.1, -0.05) is 0 Å². The number of ether oxygens (including phenoxy) is 2. The summed E-state index contributed by atoms with van der Waals surface area (Å²) in [6, 6.07) is 10.5. The first-order valence-electron chi connectivity index (χ1n) is 8.71. The Kier molecular flexibility index (Phi) is 35.7. The van der Waals surface area contributed by atoms with Gasteiger partial charge in [-0.2, -0.15) is 0 Å². The molecule has 1 aliphatic heterocycles. The standard InChI is InChI=1S/C18H23NO2.5CO.W/c1-3-18(16-8-6-5-7-9-16)17(15-20-4-2)14-19-10-12-21-13-11-19;5*1-2;/h3,5-9,14H,4,10-13H2,1-2H3;;;;;;/b17-14?,18-3+;;;;;;. The van der Waals surface area contributed by atoms with E-state index in [4.69, 9.17) is 32.7 Å². The molecular weight excluding hydrogens is 586 g/mol. The van der Waals surface area contributed by atoms with Crippen LogP contribution < -0.4 is 0 Å². The van der Waals surface area contributed by atoms with E-state index in [0.717, 1.165) is 30.4 Å². The van der Waals surface area contributed by atoms with Gasteiger partial charge in [-0.3, -0.25) is 0 Å². The van der Waals surface area contributed by atoms with Gasteiger partial charge in [0.15, 0.2) is 0 Å². The Morgan fingerprint density at radius 1 is 0.969 bits per heavy atom. The summed E-state index contributed by atoms with van der Waals surface area (Å²) in [5.74, 6) is 0. The second kappa shape index (κ2) is 30.9. The third-order valence-electron chi connectivity index (χ3n) is 3.52. The van der Waals surface area contributed by atoms with Crippen LogP contribution in [-0.4, -0.2) is 41.9 Å². The average molecular weight is 609 g/mol.